The summed E-state index contributed by atoms with van der Waals surface area (Å²) in [5.74, 6) is 0. The minimum atomic E-state index is -0.381. The van der Waals surface area contributed by atoms with Gasteiger partial charge in [-0.05, 0) is 29.8 Å². The maximum atomic E-state index is 11.2. The SMILES string of the molecule is CN(C)c1cccc(CNc2ccc([N+](=O)[O-])c3cnccc23)c1. The van der Waals surface area contributed by atoms with E-state index in [1.165, 1.54) is 12.3 Å². The van der Waals surface area contributed by atoms with Crippen molar-refractivity contribution in [2.24, 2.45) is 0 Å². The zero-order valence-electron chi connectivity index (χ0n) is 13.6. The standard InChI is InChI=1S/C18H18N4O2/c1-21(2)14-5-3-4-13(10-14)11-20-17-6-7-18(22(23)24)16-12-19-9-8-15(16)17/h3-10,12,20H,11H2,1-2H3. The lowest BCUT2D eigenvalue weighted by atomic mass is 10.1. The maximum Gasteiger partial charge on any atom is 0.278 e. The third-order valence-electron chi connectivity index (χ3n) is 3.90. The van der Waals surface area contributed by atoms with Gasteiger partial charge in [0.05, 0.1) is 10.3 Å². The number of fused-ring (bicyclic) bond motifs is 1. The molecule has 3 rings (SSSR count). The third-order valence-corrected chi connectivity index (χ3v) is 3.90. The van der Waals surface area contributed by atoms with Crippen molar-refractivity contribution in [1.29, 1.82) is 0 Å². The first kappa shape index (κ1) is 15.7. The number of hydrogen-bond acceptors (Lipinski definition) is 5. The summed E-state index contributed by atoms with van der Waals surface area (Å²) in [6, 6.07) is 13.3. The van der Waals surface area contributed by atoms with Gasteiger partial charge in [0, 0.05) is 55.9 Å². The van der Waals surface area contributed by atoms with Crippen molar-refractivity contribution in [3.63, 3.8) is 0 Å². The second kappa shape index (κ2) is 6.54. The molecule has 1 aromatic heterocycles. The van der Waals surface area contributed by atoms with E-state index < -0.39 is 0 Å². The molecule has 24 heavy (non-hydrogen) atoms. The Morgan fingerprint density at radius 3 is 2.75 bits per heavy atom. The van der Waals surface area contributed by atoms with Crippen molar-refractivity contribution >= 4 is 27.8 Å². The summed E-state index contributed by atoms with van der Waals surface area (Å²) < 4.78 is 0. The summed E-state index contributed by atoms with van der Waals surface area (Å²) in [5.41, 5.74) is 3.19. The number of rotatable bonds is 5. The van der Waals surface area contributed by atoms with E-state index in [-0.39, 0.29) is 10.6 Å². The Hall–Kier alpha value is -3.15. The van der Waals surface area contributed by atoms with Crippen LogP contribution < -0.4 is 10.2 Å². The normalized spacial score (nSPS) is 10.6. The lowest BCUT2D eigenvalue weighted by molar-refractivity contribution is -0.383. The highest BCUT2D eigenvalue weighted by molar-refractivity contribution is 5.99. The summed E-state index contributed by atoms with van der Waals surface area (Å²) >= 11 is 0. The second-order valence-electron chi connectivity index (χ2n) is 5.73. The molecule has 0 unspecified atom stereocenters. The van der Waals surface area contributed by atoms with E-state index in [1.54, 1.807) is 18.3 Å². The molecule has 0 atom stereocenters. The van der Waals surface area contributed by atoms with Gasteiger partial charge >= 0.3 is 0 Å². The van der Waals surface area contributed by atoms with E-state index in [0.717, 1.165) is 22.3 Å². The highest BCUT2D eigenvalue weighted by atomic mass is 16.6. The van der Waals surface area contributed by atoms with Crippen molar-refractivity contribution in [2.75, 3.05) is 24.3 Å². The van der Waals surface area contributed by atoms with Gasteiger partial charge in [-0.15, -0.1) is 0 Å². The number of aromatic nitrogens is 1. The average Bonchev–Trinajstić information content (AvgIpc) is 2.59. The largest absolute Gasteiger partial charge is 0.380 e. The molecule has 0 aliphatic carbocycles. The zero-order valence-corrected chi connectivity index (χ0v) is 13.6. The highest BCUT2D eigenvalue weighted by Crippen LogP contribution is 2.31. The number of anilines is 2. The van der Waals surface area contributed by atoms with Crippen LogP contribution >= 0.6 is 0 Å². The lowest BCUT2D eigenvalue weighted by Gasteiger charge is -2.14. The van der Waals surface area contributed by atoms with Gasteiger partial charge in [-0.1, -0.05) is 12.1 Å². The molecule has 1 heterocycles. The quantitative estimate of drug-likeness (QED) is 0.571. The van der Waals surface area contributed by atoms with Gasteiger partial charge in [0.2, 0.25) is 0 Å². The van der Waals surface area contributed by atoms with Crippen LogP contribution in [0.3, 0.4) is 0 Å². The molecule has 0 bridgehead atoms. The van der Waals surface area contributed by atoms with Crippen molar-refractivity contribution in [3.8, 4) is 0 Å². The van der Waals surface area contributed by atoms with E-state index in [2.05, 4.69) is 33.4 Å². The highest BCUT2D eigenvalue weighted by Gasteiger charge is 2.14. The van der Waals surface area contributed by atoms with Crippen LogP contribution in [0.5, 0.6) is 0 Å². The molecule has 0 spiro atoms. The van der Waals surface area contributed by atoms with Gasteiger partial charge in [-0.2, -0.15) is 0 Å². The number of nitro benzene ring substituents is 1. The Bertz CT molecular complexity index is 893. The van der Waals surface area contributed by atoms with Crippen LogP contribution in [0.15, 0.2) is 54.9 Å². The molecule has 1 N–H and O–H groups in total. The van der Waals surface area contributed by atoms with E-state index >= 15 is 0 Å². The Morgan fingerprint density at radius 2 is 2.00 bits per heavy atom. The zero-order chi connectivity index (χ0) is 17.1. The minimum absolute atomic E-state index is 0.0678. The molecule has 6 nitrogen and oxygen atoms in total. The lowest BCUT2D eigenvalue weighted by Crippen LogP contribution is -2.09. The maximum absolute atomic E-state index is 11.2. The summed E-state index contributed by atoms with van der Waals surface area (Å²) in [6.07, 6.45) is 3.18. The molecule has 0 aliphatic rings. The molecule has 0 amide bonds. The predicted octanol–water partition coefficient (Wildman–Crippen LogP) is 3.82. The van der Waals surface area contributed by atoms with Crippen LogP contribution in [0.25, 0.3) is 10.8 Å². The number of nitro groups is 1. The minimum Gasteiger partial charge on any atom is -0.380 e. The van der Waals surface area contributed by atoms with Gasteiger partial charge in [0.25, 0.3) is 5.69 Å². The number of non-ortho nitro benzene ring substituents is 1. The van der Waals surface area contributed by atoms with Gasteiger partial charge < -0.3 is 10.2 Å². The van der Waals surface area contributed by atoms with Crippen LogP contribution in [0.1, 0.15) is 5.56 Å². The van der Waals surface area contributed by atoms with E-state index in [4.69, 9.17) is 0 Å². The van der Waals surface area contributed by atoms with Gasteiger partial charge in [-0.3, -0.25) is 15.1 Å². The molecule has 0 saturated carbocycles. The van der Waals surface area contributed by atoms with Crippen LogP contribution in [-0.4, -0.2) is 24.0 Å². The molecule has 122 valence electrons. The first-order valence-corrected chi connectivity index (χ1v) is 7.57. The summed E-state index contributed by atoms with van der Waals surface area (Å²) in [7, 11) is 4.01. The van der Waals surface area contributed by atoms with Crippen molar-refractivity contribution < 1.29 is 4.92 Å². The first-order chi connectivity index (χ1) is 11.6. The summed E-state index contributed by atoms with van der Waals surface area (Å²) in [4.78, 5) is 16.8. The molecular weight excluding hydrogens is 304 g/mol. The Kier molecular flexibility index (Phi) is 4.29. The second-order valence-corrected chi connectivity index (χ2v) is 5.73. The Morgan fingerprint density at radius 1 is 1.17 bits per heavy atom. The first-order valence-electron chi connectivity index (χ1n) is 7.57. The molecule has 0 saturated heterocycles. The topological polar surface area (TPSA) is 71.3 Å². The van der Waals surface area contributed by atoms with Crippen molar-refractivity contribution in [1.82, 2.24) is 4.98 Å². The van der Waals surface area contributed by atoms with Crippen molar-refractivity contribution in [3.05, 3.63) is 70.5 Å². The van der Waals surface area contributed by atoms with Crippen LogP contribution in [-0.2, 0) is 6.54 Å². The van der Waals surface area contributed by atoms with Gasteiger partial charge in [-0.25, -0.2) is 0 Å². The predicted molar refractivity (Wildman–Crippen MR) is 96.5 cm³/mol. The number of benzene rings is 2. The molecular formula is C18H18N4O2. The summed E-state index contributed by atoms with van der Waals surface area (Å²) in [5, 5.41) is 15.9. The van der Waals surface area contributed by atoms with Crippen LogP contribution in [0, 0.1) is 10.1 Å². The number of pyridine rings is 1. The fourth-order valence-corrected chi connectivity index (χ4v) is 2.63. The fraction of sp³-hybridized carbons (Fsp3) is 0.167. The molecule has 6 heteroatoms. The van der Waals surface area contributed by atoms with E-state index in [1.807, 2.05) is 20.2 Å². The van der Waals surface area contributed by atoms with Crippen molar-refractivity contribution in [2.45, 2.75) is 6.54 Å². The average molecular weight is 322 g/mol. The third kappa shape index (κ3) is 3.12. The Balaban J connectivity index is 1.90. The van der Waals surface area contributed by atoms with Crippen LogP contribution in [0.4, 0.5) is 17.1 Å². The molecule has 3 aromatic rings. The van der Waals surface area contributed by atoms with Gasteiger partial charge in [0.1, 0.15) is 0 Å². The molecule has 0 aliphatic heterocycles. The van der Waals surface area contributed by atoms with Crippen LogP contribution in [0.2, 0.25) is 0 Å². The molecule has 0 radical (unpaired) electrons. The summed E-state index contributed by atoms with van der Waals surface area (Å²) in [6.45, 7) is 0.636. The van der Waals surface area contributed by atoms with E-state index in [9.17, 15) is 10.1 Å². The number of hydrogen-bond donors (Lipinski definition) is 1. The number of nitrogens with one attached hydrogen (secondary N) is 1. The molecule has 0 fully saturated rings. The smallest absolute Gasteiger partial charge is 0.278 e. The van der Waals surface area contributed by atoms with E-state index in [0.29, 0.717) is 11.9 Å². The number of nitrogens with zero attached hydrogens (tertiary/aromatic N) is 3. The van der Waals surface area contributed by atoms with Gasteiger partial charge in [0.15, 0.2) is 0 Å². The Labute approximate surface area is 139 Å². The fourth-order valence-electron chi connectivity index (χ4n) is 2.63. The monoisotopic (exact) mass is 322 g/mol. The molecule has 2 aromatic carbocycles.